The summed E-state index contributed by atoms with van der Waals surface area (Å²) in [6, 6.07) is 0. The van der Waals surface area contributed by atoms with Crippen molar-refractivity contribution in [3.05, 3.63) is 0 Å². The second-order valence-electron chi connectivity index (χ2n) is 3.64. The van der Waals surface area contributed by atoms with Crippen molar-refractivity contribution in [1.29, 1.82) is 0 Å². The maximum absolute atomic E-state index is 5.28. The van der Waals surface area contributed by atoms with Crippen molar-refractivity contribution in [2.45, 2.75) is 0 Å². The fraction of sp³-hybridized carbons (Fsp3) is 1.00. The maximum atomic E-state index is 5.28. The van der Waals surface area contributed by atoms with Crippen LogP contribution < -0.4 is 0 Å². The minimum Gasteiger partial charge on any atom is -0.379 e. The van der Waals surface area contributed by atoms with E-state index >= 15 is 0 Å². The summed E-state index contributed by atoms with van der Waals surface area (Å²) in [7, 11) is 0. The van der Waals surface area contributed by atoms with E-state index in [2.05, 4.69) is 4.90 Å². The van der Waals surface area contributed by atoms with Gasteiger partial charge in [0, 0.05) is 25.6 Å². The minimum absolute atomic E-state index is 0.472. The Morgan fingerprint density at radius 3 is 2.38 bits per heavy atom. The fourth-order valence-corrected chi connectivity index (χ4v) is 1.79. The van der Waals surface area contributed by atoms with Crippen LogP contribution in [-0.2, 0) is 14.2 Å². The van der Waals surface area contributed by atoms with E-state index in [1.54, 1.807) is 0 Å². The van der Waals surface area contributed by atoms with Crippen LogP contribution in [0.4, 0.5) is 0 Å². The smallest absolute Gasteiger partial charge is 0.146 e. The topological polar surface area (TPSA) is 30.9 Å². The van der Waals surface area contributed by atoms with Crippen molar-refractivity contribution in [3.63, 3.8) is 0 Å². The maximum Gasteiger partial charge on any atom is 0.146 e. The Morgan fingerprint density at radius 1 is 1.00 bits per heavy atom. The average Bonchev–Trinajstić information content (AvgIpc) is 2.21. The normalized spacial score (nSPS) is 27.7. The Kier molecular flexibility index (Phi) is 3.55. The highest BCUT2D eigenvalue weighted by Crippen LogP contribution is 2.08. The lowest BCUT2D eigenvalue weighted by Crippen LogP contribution is -2.42. The van der Waals surface area contributed by atoms with Gasteiger partial charge in [-0.2, -0.15) is 0 Å². The lowest BCUT2D eigenvalue weighted by atomic mass is 10.1. The quantitative estimate of drug-likeness (QED) is 0.606. The molecule has 0 atom stereocenters. The van der Waals surface area contributed by atoms with Crippen LogP contribution in [0.1, 0.15) is 0 Å². The summed E-state index contributed by atoms with van der Waals surface area (Å²) in [6.45, 7) is 7.09. The first-order chi connectivity index (χ1) is 6.45. The first-order valence-corrected chi connectivity index (χ1v) is 4.91. The number of nitrogens with zero attached hydrogens (tertiary/aromatic N) is 1. The number of hydrogen-bond donors (Lipinski definition) is 0. The van der Waals surface area contributed by atoms with Crippen molar-refractivity contribution < 1.29 is 14.2 Å². The van der Waals surface area contributed by atoms with E-state index in [-0.39, 0.29) is 0 Å². The molecule has 4 heteroatoms. The highest BCUT2D eigenvalue weighted by Gasteiger charge is 2.19. The zero-order valence-corrected chi connectivity index (χ0v) is 7.91. The van der Waals surface area contributed by atoms with Crippen LogP contribution in [0.2, 0.25) is 0 Å². The van der Waals surface area contributed by atoms with Crippen molar-refractivity contribution in [1.82, 2.24) is 4.90 Å². The molecular weight excluding hydrogens is 170 g/mol. The first kappa shape index (κ1) is 9.40. The molecule has 2 rings (SSSR count). The van der Waals surface area contributed by atoms with Gasteiger partial charge in [-0.05, 0) is 0 Å². The SMILES string of the molecule is C1CN(CC2COCOC2)CCO1. The number of ether oxygens (including phenoxy) is 3. The third-order valence-corrected chi connectivity index (χ3v) is 2.49. The largest absolute Gasteiger partial charge is 0.379 e. The van der Waals surface area contributed by atoms with E-state index in [4.69, 9.17) is 14.2 Å². The summed E-state index contributed by atoms with van der Waals surface area (Å²) in [6.07, 6.45) is 0. The summed E-state index contributed by atoms with van der Waals surface area (Å²) in [4.78, 5) is 2.42. The highest BCUT2D eigenvalue weighted by molar-refractivity contribution is 4.69. The van der Waals surface area contributed by atoms with Gasteiger partial charge < -0.3 is 14.2 Å². The Labute approximate surface area is 78.7 Å². The third-order valence-electron chi connectivity index (χ3n) is 2.49. The molecular formula is C9H17NO3. The van der Waals surface area contributed by atoms with Gasteiger partial charge in [-0.25, -0.2) is 0 Å². The van der Waals surface area contributed by atoms with Crippen molar-refractivity contribution in [2.24, 2.45) is 5.92 Å². The zero-order chi connectivity index (χ0) is 8.93. The zero-order valence-electron chi connectivity index (χ0n) is 7.91. The van der Waals surface area contributed by atoms with E-state index in [9.17, 15) is 0 Å². The Balaban J connectivity index is 1.69. The van der Waals surface area contributed by atoms with Crippen LogP contribution in [0.25, 0.3) is 0 Å². The standard InChI is InChI=1S/C9H17NO3/c1-3-11-4-2-10(1)5-9-6-12-8-13-7-9/h9H,1-8H2. The predicted molar refractivity (Wildman–Crippen MR) is 47.5 cm³/mol. The van der Waals surface area contributed by atoms with Gasteiger partial charge in [0.1, 0.15) is 6.79 Å². The Hall–Kier alpha value is -0.160. The number of rotatable bonds is 2. The summed E-state index contributed by atoms with van der Waals surface area (Å²) < 4.78 is 15.8. The predicted octanol–water partition coefficient (Wildman–Crippen LogP) is -0.0609. The Morgan fingerprint density at radius 2 is 1.69 bits per heavy atom. The van der Waals surface area contributed by atoms with Gasteiger partial charge >= 0.3 is 0 Å². The molecule has 0 aromatic rings. The van der Waals surface area contributed by atoms with Gasteiger partial charge in [-0.3, -0.25) is 4.90 Å². The second-order valence-corrected chi connectivity index (χ2v) is 3.64. The summed E-state index contributed by atoms with van der Waals surface area (Å²) in [5, 5.41) is 0. The summed E-state index contributed by atoms with van der Waals surface area (Å²) in [5.74, 6) is 0.548. The molecule has 2 aliphatic rings. The fourth-order valence-electron chi connectivity index (χ4n) is 1.79. The molecule has 0 saturated carbocycles. The van der Waals surface area contributed by atoms with Crippen LogP contribution >= 0.6 is 0 Å². The Bertz CT molecular complexity index is 126. The molecule has 13 heavy (non-hydrogen) atoms. The molecule has 2 heterocycles. The van der Waals surface area contributed by atoms with Gasteiger partial charge in [0.05, 0.1) is 26.4 Å². The molecule has 2 saturated heterocycles. The first-order valence-electron chi connectivity index (χ1n) is 4.91. The van der Waals surface area contributed by atoms with Gasteiger partial charge in [-0.1, -0.05) is 0 Å². The van der Waals surface area contributed by atoms with Crippen LogP contribution in [0.3, 0.4) is 0 Å². The molecule has 2 fully saturated rings. The average molecular weight is 187 g/mol. The van der Waals surface area contributed by atoms with Gasteiger partial charge in [-0.15, -0.1) is 0 Å². The van der Waals surface area contributed by atoms with Gasteiger partial charge in [0.25, 0.3) is 0 Å². The van der Waals surface area contributed by atoms with E-state index in [0.717, 1.165) is 46.1 Å². The lowest BCUT2D eigenvalue weighted by Gasteiger charge is -2.31. The van der Waals surface area contributed by atoms with E-state index in [0.29, 0.717) is 12.7 Å². The molecule has 0 aliphatic carbocycles. The molecule has 4 nitrogen and oxygen atoms in total. The molecule has 0 aromatic carbocycles. The van der Waals surface area contributed by atoms with Gasteiger partial charge in [0.15, 0.2) is 0 Å². The van der Waals surface area contributed by atoms with Crippen LogP contribution in [0.5, 0.6) is 0 Å². The number of hydrogen-bond acceptors (Lipinski definition) is 4. The molecule has 0 unspecified atom stereocenters. The monoisotopic (exact) mass is 187 g/mol. The van der Waals surface area contributed by atoms with Crippen LogP contribution in [0.15, 0.2) is 0 Å². The molecule has 2 aliphatic heterocycles. The van der Waals surface area contributed by atoms with E-state index in [1.165, 1.54) is 0 Å². The summed E-state index contributed by atoms with van der Waals surface area (Å²) >= 11 is 0. The van der Waals surface area contributed by atoms with Crippen molar-refractivity contribution >= 4 is 0 Å². The number of morpholine rings is 1. The highest BCUT2D eigenvalue weighted by atomic mass is 16.7. The molecule has 76 valence electrons. The molecule has 0 spiro atoms. The lowest BCUT2D eigenvalue weighted by molar-refractivity contribution is -0.132. The van der Waals surface area contributed by atoms with Crippen molar-refractivity contribution in [2.75, 3.05) is 52.9 Å². The minimum atomic E-state index is 0.472. The van der Waals surface area contributed by atoms with Crippen LogP contribution in [-0.4, -0.2) is 57.8 Å². The molecule has 0 amide bonds. The molecule has 0 radical (unpaired) electrons. The van der Waals surface area contributed by atoms with Crippen molar-refractivity contribution in [3.8, 4) is 0 Å². The van der Waals surface area contributed by atoms with Crippen LogP contribution in [0, 0.1) is 5.92 Å². The third kappa shape index (κ3) is 2.91. The van der Waals surface area contributed by atoms with Gasteiger partial charge in [0.2, 0.25) is 0 Å². The molecule has 0 bridgehead atoms. The van der Waals surface area contributed by atoms with E-state index in [1.807, 2.05) is 0 Å². The molecule has 0 aromatic heterocycles. The molecule has 0 N–H and O–H groups in total. The second kappa shape index (κ2) is 4.91. The summed E-state index contributed by atoms with van der Waals surface area (Å²) in [5.41, 5.74) is 0. The van der Waals surface area contributed by atoms with E-state index < -0.39 is 0 Å².